The number of hydrogen-bond acceptors (Lipinski definition) is 2. The van der Waals surface area contributed by atoms with Crippen molar-refractivity contribution in [1.82, 2.24) is 0 Å². The lowest BCUT2D eigenvalue weighted by atomic mass is 9.55. The first kappa shape index (κ1) is 24.6. The van der Waals surface area contributed by atoms with Crippen LogP contribution in [0.3, 0.4) is 0 Å². The summed E-state index contributed by atoms with van der Waals surface area (Å²) in [5, 5.41) is 9.18. The van der Waals surface area contributed by atoms with Crippen LogP contribution >= 0.6 is 0 Å². The third-order valence-electron chi connectivity index (χ3n) is 9.95. The first-order valence-corrected chi connectivity index (χ1v) is 16.3. The Hall–Kier alpha value is -1.53. The van der Waals surface area contributed by atoms with Gasteiger partial charge in [0, 0.05) is 6.42 Å². The second kappa shape index (κ2) is 8.92. The molecule has 1 aromatic carbocycles. The summed E-state index contributed by atoms with van der Waals surface area (Å²) in [5.41, 5.74) is 6.66. The summed E-state index contributed by atoms with van der Waals surface area (Å²) in [6, 6.07) is 7.31. The molecule has 2 saturated carbocycles. The third kappa shape index (κ3) is 4.34. The maximum atomic E-state index is 8.96. The average molecular weight is 464 g/mol. The zero-order chi connectivity index (χ0) is 24.0. The fourth-order valence-electron chi connectivity index (χ4n) is 6.94. The molecule has 2 fully saturated rings. The number of unbranched alkanes of at least 4 members (excludes halogenated alkanes) is 1. The van der Waals surface area contributed by atoms with Crippen molar-refractivity contribution < 1.29 is 4.43 Å². The molecule has 4 rings (SSSR count). The van der Waals surface area contributed by atoms with Crippen LogP contribution in [0.25, 0.3) is 0 Å². The van der Waals surface area contributed by atoms with Gasteiger partial charge in [-0.2, -0.15) is 5.26 Å². The summed E-state index contributed by atoms with van der Waals surface area (Å²) < 4.78 is 6.85. The van der Waals surface area contributed by atoms with Crippen molar-refractivity contribution in [2.24, 2.45) is 17.3 Å². The van der Waals surface area contributed by atoms with Crippen LogP contribution in [0.2, 0.25) is 18.1 Å². The summed E-state index contributed by atoms with van der Waals surface area (Å²) in [4.78, 5) is 0. The Kier molecular flexibility index (Phi) is 6.64. The van der Waals surface area contributed by atoms with Gasteiger partial charge in [-0.1, -0.05) is 52.3 Å². The van der Waals surface area contributed by atoms with Gasteiger partial charge in [-0.25, -0.2) is 0 Å². The smallest absolute Gasteiger partial charge is 0.250 e. The minimum absolute atomic E-state index is 0.216. The van der Waals surface area contributed by atoms with E-state index in [1.165, 1.54) is 49.8 Å². The lowest BCUT2D eigenvalue weighted by Gasteiger charge is -2.50. The fourth-order valence-corrected chi connectivity index (χ4v) is 7.99. The average Bonchev–Trinajstić information content (AvgIpc) is 3.08. The molecule has 2 nitrogen and oxygen atoms in total. The number of nitrogens with zero attached hydrogens (tertiary/aromatic N) is 1. The van der Waals surface area contributed by atoms with Crippen LogP contribution in [0.5, 0.6) is 5.75 Å². The highest BCUT2D eigenvalue weighted by Crippen LogP contribution is 2.63. The molecule has 0 saturated heterocycles. The van der Waals surface area contributed by atoms with Crippen LogP contribution in [0.1, 0.15) is 102 Å². The van der Waals surface area contributed by atoms with E-state index >= 15 is 0 Å². The first-order valence-electron chi connectivity index (χ1n) is 13.4. The predicted molar refractivity (Wildman–Crippen MR) is 141 cm³/mol. The molecule has 180 valence electrons. The zero-order valence-electron chi connectivity index (χ0n) is 22.2. The molecule has 3 unspecified atom stereocenters. The Balaban J connectivity index is 1.62. The summed E-state index contributed by atoms with van der Waals surface area (Å²) in [7, 11) is -1.85. The number of hydrogen-bond donors (Lipinski definition) is 0. The highest BCUT2D eigenvalue weighted by Gasteiger charge is 2.52. The summed E-state index contributed by atoms with van der Waals surface area (Å²) in [6.45, 7) is 16.6. The van der Waals surface area contributed by atoms with E-state index in [-0.39, 0.29) is 5.04 Å². The number of benzene rings is 1. The molecule has 0 aliphatic heterocycles. The van der Waals surface area contributed by atoms with Gasteiger partial charge in [0.1, 0.15) is 5.75 Å². The van der Waals surface area contributed by atoms with Gasteiger partial charge in [0.25, 0.3) is 0 Å². The summed E-state index contributed by atoms with van der Waals surface area (Å²) in [6.07, 6.45) is 12.8. The molecular weight excluding hydrogens is 418 g/mol. The Morgan fingerprint density at radius 2 is 1.94 bits per heavy atom. The SMILES string of the molecule is CCc1cc2c(cc1O[Si](C)(C)C(C)(C)C)CCC1C2CC[C@]2(C)/C(=C/CCC#N)CCC12. The minimum Gasteiger partial charge on any atom is -0.543 e. The molecule has 33 heavy (non-hydrogen) atoms. The zero-order valence-corrected chi connectivity index (χ0v) is 23.2. The highest BCUT2D eigenvalue weighted by atomic mass is 28.4. The number of aryl methyl sites for hydroxylation is 2. The van der Waals surface area contributed by atoms with E-state index in [9.17, 15) is 0 Å². The molecule has 1 aromatic rings. The lowest BCUT2D eigenvalue weighted by Crippen LogP contribution is -2.44. The molecule has 0 radical (unpaired) electrons. The molecule has 0 N–H and O–H groups in total. The summed E-state index contributed by atoms with van der Waals surface area (Å²) >= 11 is 0. The second-order valence-corrected chi connectivity index (χ2v) is 17.4. The molecule has 4 atom stereocenters. The fraction of sp³-hybridized carbons (Fsp3) is 0.700. The van der Waals surface area contributed by atoms with Crippen LogP contribution in [0.15, 0.2) is 23.8 Å². The van der Waals surface area contributed by atoms with E-state index in [0.717, 1.165) is 30.6 Å². The molecule has 0 heterocycles. The van der Waals surface area contributed by atoms with E-state index in [2.05, 4.69) is 72.0 Å². The van der Waals surface area contributed by atoms with Crippen LogP contribution in [-0.2, 0) is 12.8 Å². The topological polar surface area (TPSA) is 33.0 Å². The standard InChI is InChI=1S/C30H45NOSi/c1-8-21-19-26-22(20-28(21)32-33(6,7)29(2,3)4)12-14-25-24(26)16-17-30(5)23(11-9-10-18-31)13-15-27(25)30/h11,19-20,24-25,27H,8-10,12-17H2,1-7H3/b23-11+/t24?,25?,27?,30-/m1/s1. The molecule has 0 amide bonds. The largest absolute Gasteiger partial charge is 0.543 e. The van der Waals surface area contributed by atoms with Crippen molar-refractivity contribution in [3.63, 3.8) is 0 Å². The van der Waals surface area contributed by atoms with Gasteiger partial charge in [-0.15, -0.1) is 0 Å². The number of allylic oxidation sites excluding steroid dienone is 2. The molecule has 0 spiro atoms. The van der Waals surface area contributed by atoms with Crippen molar-refractivity contribution >= 4 is 8.32 Å². The minimum atomic E-state index is -1.85. The highest BCUT2D eigenvalue weighted by molar-refractivity contribution is 6.74. The third-order valence-corrected chi connectivity index (χ3v) is 14.3. The first-order chi connectivity index (χ1) is 15.5. The molecule has 3 aliphatic carbocycles. The second-order valence-electron chi connectivity index (χ2n) is 12.7. The van der Waals surface area contributed by atoms with Crippen molar-refractivity contribution in [1.29, 1.82) is 5.26 Å². The normalized spacial score (nSPS) is 30.4. The van der Waals surface area contributed by atoms with Crippen LogP contribution in [-0.4, -0.2) is 8.32 Å². The van der Waals surface area contributed by atoms with Gasteiger partial charge < -0.3 is 4.43 Å². The molecule has 0 aromatic heterocycles. The van der Waals surface area contributed by atoms with Gasteiger partial charge >= 0.3 is 0 Å². The summed E-state index contributed by atoms with van der Waals surface area (Å²) in [5.74, 6) is 3.52. The Morgan fingerprint density at radius 1 is 1.18 bits per heavy atom. The molecule has 3 heteroatoms. The molecule has 0 bridgehead atoms. The van der Waals surface area contributed by atoms with E-state index < -0.39 is 8.32 Å². The van der Waals surface area contributed by atoms with Crippen molar-refractivity contribution in [2.45, 2.75) is 116 Å². The van der Waals surface area contributed by atoms with Crippen molar-refractivity contribution in [2.75, 3.05) is 0 Å². The van der Waals surface area contributed by atoms with Crippen molar-refractivity contribution in [3.05, 3.63) is 40.5 Å². The monoisotopic (exact) mass is 463 g/mol. The van der Waals surface area contributed by atoms with Crippen LogP contribution in [0.4, 0.5) is 0 Å². The van der Waals surface area contributed by atoms with Gasteiger partial charge in [-0.05, 0) is 115 Å². The maximum Gasteiger partial charge on any atom is 0.250 e. The number of nitriles is 1. The van der Waals surface area contributed by atoms with Gasteiger partial charge in [0.05, 0.1) is 6.07 Å². The van der Waals surface area contributed by atoms with E-state index in [1.54, 1.807) is 16.7 Å². The van der Waals surface area contributed by atoms with Gasteiger partial charge in [0.2, 0.25) is 8.32 Å². The number of fused-ring (bicyclic) bond motifs is 5. The Labute approximate surface area is 203 Å². The predicted octanol–water partition coefficient (Wildman–Crippen LogP) is 8.72. The van der Waals surface area contributed by atoms with Crippen LogP contribution < -0.4 is 4.43 Å². The van der Waals surface area contributed by atoms with Gasteiger partial charge in [0.15, 0.2) is 0 Å². The van der Waals surface area contributed by atoms with E-state index in [4.69, 9.17) is 9.69 Å². The van der Waals surface area contributed by atoms with Crippen molar-refractivity contribution in [3.8, 4) is 11.8 Å². The quantitative estimate of drug-likeness (QED) is 0.248. The van der Waals surface area contributed by atoms with E-state index in [1.807, 2.05) is 0 Å². The lowest BCUT2D eigenvalue weighted by molar-refractivity contribution is 0.0812. The van der Waals surface area contributed by atoms with Crippen LogP contribution in [0, 0.1) is 28.6 Å². The Morgan fingerprint density at radius 3 is 2.61 bits per heavy atom. The molecule has 3 aliphatic rings. The maximum absolute atomic E-state index is 8.96. The van der Waals surface area contributed by atoms with Gasteiger partial charge in [-0.3, -0.25) is 0 Å². The Bertz CT molecular complexity index is 963. The number of rotatable bonds is 5. The molecular formula is C30H45NOSi. The van der Waals surface area contributed by atoms with E-state index in [0.29, 0.717) is 11.8 Å².